The molecule has 1 fully saturated rings. The summed E-state index contributed by atoms with van der Waals surface area (Å²) in [5.41, 5.74) is 4.19. The Hall–Kier alpha value is -2.88. The number of rotatable bonds is 2. The highest BCUT2D eigenvalue weighted by molar-refractivity contribution is 5.89. The van der Waals surface area contributed by atoms with Crippen molar-refractivity contribution < 1.29 is 14.3 Å². The summed E-state index contributed by atoms with van der Waals surface area (Å²) in [5, 5.41) is 0. The van der Waals surface area contributed by atoms with Crippen molar-refractivity contribution in [3.05, 3.63) is 70.8 Å². The number of fused-ring (bicyclic) bond motifs is 2. The lowest BCUT2D eigenvalue weighted by atomic mass is 9.92. The highest BCUT2D eigenvalue weighted by atomic mass is 16.5. The van der Waals surface area contributed by atoms with Crippen molar-refractivity contribution in [3.63, 3.8) is 0 Å². The molecule has 2 aliphatic rings. The second-order valence-electron chi connectivity index (χ2n) is 6.37. The molecule has 1 saturated heterocycles. The normalized spacial score (nSPS) is 19.3. The largest absolute Gasteiger partial charge is 0.467 e. The van der Waals surface area contributed by atoms with Gasteiger partial charge in [-0.2, -0.15) is 0 Å². The van der Waals surface area contributed by atoms with Crippen LogP contribution in [0.2, 0.25) is 0 Å². The van der Waals surface area contributed by atoms with Gasteiger partial charge in [0, 0.05) is 6.42 Å². The summed E-state index contributed by atoms with van der Waals surface area (Å²) in [6.07, 6.45) is 5.01. The molecule has 1 atom stereocenters. The molecule has 1 amide bonds. The Balaban J connectivity index is 1.92. The van der Waals surface area contributed by atoms with Crippen molar-refractivity contribution in [2.75, 3.05) is 7.11 Å². The Morgan fingerprint density at radius 3 is 2.12 bits per heavy atom. The topological polar surface area (TPSA) is 46.6 Å². The van der Waals surface area contributed by atoms with Crippen LogP contribution in [0.5, 0.6) is 0 Å². The number of hydrogen-bond acceptors (Lipinski definition) is 3. The number of carbonyl (C=O) groups excluding carboxylic acids is 2. The van der Waals surface area contributed by atoms with Gasteiger partial charge in [-0.15, -0.1) is 0 Å². The van der Waals surface area contributed by atoms with Crippen molar-refractivity contribution >= 4 is 24.0 Å². The Morgan fingerprint density at radius 2 is 1.56 bits per heavy atom. The zero-order chi connectivity index (χ0) is 17.4. The first kappa shape index (κ1) is 15.6. The van der Waals surface area contributed by atoms with Crippen molar-refractivity contribution in [1.82, 2.24) is 4.90 Å². The maximum Gasteiger partial charge on any atom is 0.328 e. The number of carbonyl (C=O) groups is 2. The molecule has 4 nitrogen and oxygen atoms in total. The molecular weight excluding hydrogens is 314 g/mol. The highest BCUT2D eigenvalue weighted by Gasteiger charge is 2.43. The molecule has 2 aromatic rings. The maximum absolute atomic E-state index is 12.7. The van der Waals surface area contributed by atoms with Crippen LogP contribution < -0.4 is 0 Å². The molecular formula is C21H19NO3. The van der Waals surface area contributed by atoms with Gasteiger partial charge in [-0.25, -0.2) is 4.79 Å². The van der Waals surface area contributed by atoms with Gasteiger partial charge in [0.2, 0.25) is 5.91 Å². The van der Waals surface area contributed by atoms with E-state index in [9.17, 15) is 9.59 Å². The van der Waals surface area contributed by atoms with Crippen LogP contribution in [0.15, 0.2) is 48.5 Å². The molecule has 1 aliphatic carbocycles. The van der Waals surface area contributed by atoms with Gasteiger partial charge in [-0.1, -0.05) is 60.7 Å². The number of hydrogen-bond donors (Lipinski definition) is 0. The monoisotopic (exact) mass is 333 g/mol. The van der Waals surface area contributed by atoms with Gasteiger partial charge >= 0.3 is 5.97 Å². The van der Waals surface area contributed by atoms with Gasteiger partial charge in [0.25, 0.3) is 0 Å². The fraction of sp³-hybridized carbons (Fsp3) is 0.238. The molecule has 1 heterocycles. The minimum absolute atomic E-state index is 0.00749. The molecule has 4 heteroatoms. The third-order valence-corrected chi connectivity index (χ3v) is 5.03. The molecule has 0 bridgehead atoms. The molecule has 4 rings (SSSR count). The Morgan fingerprint density at radius 1 is 1.00 bits per heavy atom. The maximum atomic E-state index is 12.7. The smallest absolute Gasteiger partial charge is 0.328 e. The number of likely N-dealkylation sites (tertiary alicyclic amines) is 1. The zero-order valence-corrected chi connectivity index (χ0v) is 14.0. The van der Waals surface area contributed by atoms with Crippen molar-refractivity contribution in [2.45, 2.75) is 24.9 Å². The highest BCUT2D eigenvalue weighted by Crippen LogP contribution is 2.41. The lowest BCUT2D eigenvalue weighted by Gasteiger charge is -2.33. The first-order valence-electron chi connectivity index (χ1n) is 8.45. The molecule has 1 unspecified atom stereocenters. The number of nitrogens with zero attached hydrogens (tertiary/aromatic N) is 1. The van der Waals surface area contributed by atoms with E-state index in [0.717, 1.165) is 22.3 Å². The standard InChI is InChI=1S/C21H19NO3/c1-25-21(24)18-12-13-19(23)22(18)20-16-8-4-2-6-14(16)10-11-15-7-3-5-9-17(15)20/h2-11,18,20H,12-13H2,1H3. The summed E-state index contributed by atoms with van der Waals surface area (Å²) < 4.78 is 4.96. The molecule has 1 aliphatic heterocycles. The minimum atomic E-state index is -0.540. The van der Waals surface area contributed by atoms with E-state index < -0.39 is 6.04 Å². The third kappa shape index (κ3) is 2.54. The molecule has 25 heavy (non-hydrogen) atoms. The first-order chi connectivity index (χ1) is 12.2. The van der Waals surface area contributed by atoms with Crippen molar-refractivity contribution in [1.29, 1.82) is 0 Å². The van der Waals surface area contributed by atoms with E-state index in [1.54, 1.807) is 4.90 Å². The Kier molecular flexibility index (Phi) is 3.88. The van der Waals surface area contributed by atoms with Crippen LogP contribution in [0.3, 0.4) is 0 Å². The summed E-state index contributed by atoms with van der Waals surface area (Å²) in [4.78, 5) is 26.7. The fourth-order valence-corrected chi connectivity index (χ4v) is 3.86. The molecule has 0 saturated carbocycles. The van der Waals surface area contributed by atoms with Crippen LogP contribution in [0.1, 0.15) is 41.1 Å². The summed E-state index contributed by atoms with van der Waals surface area (Å²) >= 11 is 0. The number of esters is 1. The summed E-state index contributed by atoms with van der Waals surface area (Å²) in [5.74, 6) is -0.357. The zero-order valence-electron chi connectivity index (χ0n) is 14.0. The number of benzene rings is 2. The van der Waals surface area contributed by atoms with Gasteiger partial charge in [-0.05, 0) is 28.7 Å². The second-order valence-corrected chi connectivity index (χ2v) is 6.37. The van der Waals surface area contributed by atoms with Gasteiger partial charge in [0.15, 0.2) is 0 Å². The van der Waals surface area contributed by atoms with E-state index in [1.807, 2.05) is 48.5 Å². The number of ether oxygens (including phenoxy) is 1. The quantitative estimate of drug-likeness (QED) is 0.791. The van der Waals surface area contributed by atoms with Crippen LogP contribution in [-0.2, 0) is 14.3 Å². The van der Waals surface area contributed by atoms with Gasteiger partial charge < -0.3 is 9.64 Å². The van der Waals surface area contributed by atoms with Crippen LogP contribution in [0.25, 0.3) is 12.2 Å². The summed E-state index contributed by atoms with van der Waals surface area (Å²) in [7, 11) is 1.37. The molecule has 0 N–H and O–H groups in total. The minimum Gasteiger partial charge on any atom is -0.467 e. The molecule has 0 spiro atoms. The molecule has 2 aromatic carbocycles. The van der Waals surface area contributed by atoms with Crippen LogP contribution in [0.4, 0.5) is 0 Å². The lowest BCUT2D eigenvalue weighted by Crippen LogP contribution is -2.42. The fourth-order valence-electron chi connectivity index (χ4n) is 3.86. The summed E-state index contributed by atoms with van der Waals surface area (Å²) in [6, 6.07) is 15.2. The third-order valence-electron chi connectivity index (χ3n) is 5.03. The number of amides is 1. The van der Waals surface area contributed by atoms with Gasteiger partial charge in [-0.3, -0.25) is 4.79 Å². The molecule has 126 valence electrons. The predicted molar refractivity (Wildman–Crippen MR) is 95.5 cm³/mol. The average Bonchev–Trinajstić information content (AvgIpc) is 2.94. The van der Waals surface area contributed by atoms with E-state index in [4.69, 9.17) is 4.74 Å². The molecule has 0 radical (unpaired) electrons. The van der Waals surface area contributed by atoms with E-state index >= 15 is 0 Å². The van der Waals surface area contributed by atoms with Crippen LogP contribution >= 0.6 is 0 Å². The van der Waals surface area contributed by atoms with Crippen molar-refractivity contribution in [3.8, 4) is 0 Å². The average molecular weight is 333 g/mol. The SMILES string of the molecule is COC(=O)C1CCC(=O)N1C1c2ccccc2C=Cc2ccccc21. The lowest BCUT2D eigenvalue weighted by molar-refractivity contribution is -0.150. The van der Waals surface area contributed by atoms with E-state index in [2.05, 4.69) is 12.2 Å². The van der Waals surface area contributed by atoms with E-state index in [0.29, 0.717) is 12.8 Å². The van der Waals surface area contributed by atoms with E-state index in [-0.39, 0.29) is 17.9 Å². The Bertz CT molecular complexity index is 821. The number of methoxy groups -OCH3 is 1. The van der Waals surface area contributed by atoms with Crippen LogP contribution in [-0.4, -0.2) is 29.9 Å². The van der Waals surface area contributed by atoms with Crippen LogP contribution in [0, 0.1) is 0 Å². The second kappa shape index (κ2) is 6.20. The first-order valence-corrected chi connectivity index (χ1v) is 8.45. The summed E-state index contributed by atoms with van der Waals surface area (Å²) in [6.45, 7) is 0. The predicted octanol–water partition coefficient (Wildman–Crippen LogP) is 3.42. The molecule has 0 aromatic heterocycles. The van der Waals surface area contributed by atoms with Gasteiger partial charge in [0.1, 0.15) is 6.04 Å². The van der Waals surface area contributed by atoms with Crippen molar-refractivity contribution in [2.24, 2.45) is 0 Å². The Labute approximate surface area is 146 Å². The van der Waals surface area contributed by atoms with Gasteiger partial charge in [0.05, 0.1) is 13.2 Å². The van der Waals surface area contributed by atoms with E-state index in [1.165, 1.54) is 7.11 Å².